The van der Waals surface area contributed by atoms with E-state index >= 15 is 0 Å². The van der Waals surface area contributed by atoms with Gasteiger partial charge in [0.25, 0.3) is 5.89 Å². The molecule has 5 nitrogen and oxygen atoms in total. The fourth-order valence-electron chi connectivity index (χ4n) is 1.85. The normalized spacial score (nSPS) is 10.8. The van der Waals surface area contributed by atoms with Gasteiger partial charge in [0.15, 0.2) is 6.61 Å². The monoisotopic (exact) mass is 293 g/mol. The van der Waals surface area contributed by atoms with Gasteiger partial charge in [0.05, 0.1) is 0 Å². The second-order valence-corrected chi connectivity index (χ2v) is 4.70. The largest absolute Gasteiger partial charge is 0.484 e. The minimum Gasteiger partial charge on any atom is -0.484 e. The highest BCUT2D eigenvalue weighted by Crippen LogP contribution is 2.18. The van der Waals surface area contributed by atoms with Gasteiger partial charge in [-0.2, -0.15) is 0 Å². The van der Waals surface area contributed by atoms with Crippen molar-refractivity contribution >= 4 is 0 Å². The summed E-state index contributed by atoms with van der Waals surface area (Å²) >= 11 is 0. The predicted octanol–water partition coefficient (Wildman–Crippen LogP) is 2.85. The Balaban J connectivity index is 1.95. The smallest absolute Gasteiger partial charge is 0.253 e. The van der Waals surface area contributed by atoms with Crippen molar-refractivity contribution in [2.45, 2.75) is 39.8 Å². The van der Waals surface area contributed by atoms with Gasteiger partial charge in [-0.25, -0.2) is 4.39 Å². The van der Waals surface area contributed by atoms with Crippen molar-refractivity contribution in [2.24, 2.45) is 0 Å². The lowest BCUT2D eigenvalue weighted by atomic mass is 10.2. The first kappa shape index (κ1) is 15.4. The molecule has 0 aliphatic carbocycles. The summed E-state index contributed by atoms with van der Waals surface area (Å²) in [6.45, 7) is 5.66. The molecule has 0 bridgehead atoms. The van der Waals surface area contributed by atoms with Gasteiger partial charge in [0, 0.05) is 19.0 Å². The first-order valence-electron chi connectivity index (χ1n) is 7.15. The second-order valence-electron chi connectivity index (χ2n) is 4.70. The molecule has 1 aromatic heterocycles. The van der Waals surface area contributed by atoms with E-state index in [9.17, 15) is 4.39 Å². The minimum absolute atomic E-state index is 0.137. The van der Waals surface area contributed by atoms with E-state index < -0.39 is 0 Å². The average Bonchev–Trinajstić information content (AvgIpc) is 2.93. The average molecular weight is 293 g/mol. The molecular formula is C15H20FN3O2. The zero-order valence-electron chi connectivity index (χ0n) is 12.4. The summed E-state index contributed by atoms with van der Waals surface area (Å²) in [6.07, 6.45) is 1.72. The van der Waals surface area contributed by atoms with Gasteiger partial charge in [-0.3, -0.25) is 0 Å². The Morgan fingerprint density at radius 1 is 1.19 bits per heavy atom. The van der Waals surface area contributed by atoms with Gasteiger partial charge in [-0.15, -0.1) is 10.2 Å². The van der Waals surface area contributed by atoms with Crippen LogP contribution >= 0.6 is 0 Å². The first-order valence-corrected chi connectivity index (χ1v) is 7.15. The molecule has 114 valence electrons. The van der Waals surface area contributed by atoms with Gasteiger partial charge in [-0.1, -0.05) is 13.8 Å². The lowest BCUT2D eigenvalue weighted by molar-refractivity contribution is 0.258. The number of halogens is 1. The lowest BCUT2D eigenvalue weighted by Crippen LogP contribution is -2.14. The molecule has 0 radical (unpaired) electrons. The van der Waals surface area contributed by atoms with Gasteiger partial charge >= 0.3 is 0 Å². The zero-order valence-corrected chi connectivity index (χ0v) is 12.4. The number of aryl methyl sites for hydroxylation is 1. The summed E-state index contributed by atoms with van der Waals surface area (Å²) in [5.74, 6) is 1.10. The Hall–Kier alpha value is -1.95. The Kier molecular flexibility index (Phi) is 5.68. The molecule has 0 unspecified atom stereocenters. The van der Waals surface area contributed by atoms with Crippen LogP contribution in [0.4, 0.5) is 4.39 Å². The van der Waals surface area contributed by atoms with Crippen molar-refractivity contribution in [3.05, 3.63) is 41.4 Å². The van der Waals surface area contributed by atoms with E-state index in [-0.39, 0.29) is 12.4 Å². The maximum absolute atomic E-state index is 13.6. The first-order chi connectivity index (χ1) is 10.2. The molecule has 2 aromatic rings. The Morgan fingerprint density at radius 2 is 2.00 bits per heavy atom. The number of ether oxygens (including phenoxy) is 1. The third-order valence-electron chi connectivity index (χ3n) is 2.86. The minimum atomic E-state index is -0.319. The third-order valence-corrected chi connectivity index (χ3v) is 2.86. The molecular weight excluding hydrogens is 273 g/mol. The summed E-state index contributed by atoms with van der Waals surface area (Å²) in [5.41, 5.74) is 0.846. The zero-order chi connectivity index (χ0) is 15.1. The summed E-state index contributed by atoms with van der Waals surface area (Å²) in [7, 11) is 0. The number of nitrogens with one attached hydrogen (secondary N) is 1. The van der Waals surface area contributed by atoms with Gasteiger partial charge in [0.2, 0.25) is 5.89 Å². The van der Waals surface area contributed by atoms with Gasteiger partial charge in [-0.05, 0) is 30.7 Å². The maximum Gasteiger partial charge on any atom is 0.253 e. The number of benzene rings is 1. The van der Waals surface area contributed by atoms with Crippen molar-refractivity contribution in [2.75, 3.05) is 6.54 Å². The molecule has 0 saturated carbocycles. The molecule has 21 heavy (non-hydrogen) atoms. The van der Waals surface area contributed by atoms with Crippen LogP contribution in [-0.2, 0) is 19.6 Å². The van der Waals surface area contributed by atoms with Crippen molar-refractivity contribution in [1.82, 2.24) is 15.5 Å². The molecule has 1 aromatic carbocycles. The van der Waals surface area contributed by atoms with E-state index in [0.29, 0.717) is 30.5 Å². The Bertz CT molecular complexity index is 572. The third kappa shape index (κ3) is 4.82. The highest BCUT2D eigenvalue weighted by Gasteiger charge is 2.07. The van der Waals surface area contributed by atoms with Crippen LogP contribution < -0.4 is 10.1 Å². The molecule has 0 amide bonds. The molecule has 0 aliphatic rings. The van der Waals surface area contributed by atoms with E-state index in [1.165, 1.54) is 12.1 Å². The predicted molar refractivity (Wildman–Crippen MR) is 76.4 cm³/mol. The lowest BCUT2D eigenvalue weighted by Gasteiger charge is -2.08. The number of rotatable bonds is 8. The molecule has 2 rings (SSSR count). The second kappa shape index (κ2) is 7.73. The molecule has 0 saturated heterocycles. The van der Waals surface area contributed by atoms with Crippen LogP contribution in [0, 0.1) is 5.82 Å². The maximum atomic E-state index is 13.6. The van der Waals surface area contributed by atoms with E-state index in [1.54, 1.807) is 0 Å². The van der Waals surface area contributed by atoms with Gasteiger partial charge in [0.1, 0.15) is 11.6 Å². The summed E-state index contributed by atoms with van der Waals surface area (Å²) in [5, 5.41) is 10.9. The van der Waals surface area contributed by atoms with Crippen LogP contribution in [0.3, 0.4) is 0 Å². The van der Waals surface area contributed by atoms with Crippen molar-refractivity contribution in [3.8, 4) is 5.75 Å². The summed E-state index contributed by atoms with van der Waals surface area (Å²) < 4.78 is 24.4. The number of nitrogens with zero attached hydrogens (tertiary/aromatic N) is 2. The Labute approximate surface area is 123 Å². The SMILES string of the molecule is CCCNCc1cc(F)cc(OCc2nnc(CC)o2)c1. The van der Waals surface area contributed by atoms with Crippen molar-refractivity contribution < 1.29 is 13.5 Å². The van der Waals surface area contributed by atoms with E-state index in [2.05, 4.69) is 22.4 Å². The Morgan fingerprint density at radius 3 is 2.71 bits per heavy atom. The number of hydrogen-bond donors (Lipinski definition) is 1. The van der Waals surface area contributed by atoms with Crippen LogP contribution in [-0.4, -0.2) is 16.7 Å². The van der Waals surface area contributed by atoms with E-state index in [1.807, 2.05) is 13.0 Å². The standard InChI is InChI=1S/C15H20FN3O2/c1-3-5-17-9-11-6-12(16)8-13(7-11)20-10-15-19-18-14(4-2)21-15/h6-8,17H,3-5,9-10H2,1-2H3. The van der Waals surface area contributed by atoms with Crippen molar-refractivity contribution in [3.63, 3.8) is 0 Å². The summed E-state index contributed by atoms with van der Waals surface area (Å²) in [6, 6.07) is 4.65. The fourth-order valence-corrected chi connectivity index (χ4v) is 1.85. The van der Waals surface area contributed by atoms with Crippen molar-refractivity contribution in [1.29, 1.82) is 0 Å². The van der Waals surface area contributed by atoms with E-state index in [4.69, 9.17) is 9.15 Å². The number of aromatic nitrogens is 2. The highest BCUT2D eigenvalue weighted by molar-refractivity contribution is 5.29. The quantitative estimate of drug-likeness (QED) is 0.758. The molecule has 1 N–H and O–H groups in total. The van der Waals surface area contributed by atoms with Crippen LogP contribution in [0.2, 0.25) is 0 Å². The molecule has 0 fully saturated rings. The molecule has 6 heteroatoms. The molecule has 0 spiro atoms. The van der Waals surface area contributed by atoms with E-state index in [0.717, 1.165) is 18.5 Å². The number of hydrogen-bond acceptors (Lipinski definition) is 5. The van der Waals surface area contributed by atoms with Crippen LogP contribution in [0.5, 0.6) is 5.75 Å². The summed E-state index contributed by atoms with van der Waals surface area (Å²) in [4.78, 5) is 0. The molecule has 1 heterocycles. The van der Waals surface area contributed by atoms with Crippen LogP contribution in [0.1, 0.15) is 37.6 Å². The van der Waals surface area contributed by atoms with Gasteiger partial charge < -0.3 is 14.5 Å². The van der Waals surface area contributed by atoms with Crippen LogP contribution in [0.15, 0.2) is 22.6 Å². The van der Waals surface area contributed by atoms with Crippen LogP contribution in [0.25, 0.3) is 0 Å². The fraction of sp³-hybridized carbons (Fsp3) is 0.467. The highest BCUT2D eigenvalue weighted by atomic mass is 19.1. The topological polar surface area (TPSA) is 60.2 Å². The molecule has 0 atom stereocenters. The molecule has 0 aliphatic heterocycles.